The van der Waals surface area contributed by atoms with Gasteiger partial charge in [0.25, 0.3) is 0 Å². The van der Waals surface area contributed by atoms with Crippen LogP contribution in [0, 0.1) is 0 Å². The molecule has 0 fully saturated rings. The Morgan fingerprint density at radius 3 is 1.85 bits per heavy atom. The third-order valence-electron chi connectivity index (χ3n) is 11.4. The molecule has 240 valence electrons. The van der Waals surface area contributed by atoms with Gasteiger partial charge in [-0.15, -0.1) is 0 Å². The maximum Gasteiger partial charge on any atom is 0.0641 e. The van der Waals surface area contributed by atoms with Crippen LogP contribution in [0.5, 0.6) is 0 Å². The average molecular weight is 659 g/mol. The van der Waals surface area contributed by atoms with Gasteiger partial charge in [0.15, 0.2) is 0 Å². The first-order valence-corrected chi connectivity index (χ1v) is 18.0. The van der Waals surface area contributed by atoms with Crippen LogP contribution < -0.4 is 0 Å². The molecule has 2 heteroatoms. The van der Waals surface area contributed by atoms with Crippen LogP contribution in [-0.2, 0) is 0 Å². The predicted octanol–water partition coefficient (Wildman–Crippen LogP) is 13.5. The SMILES string of the molecule is c1ccc(-c2cccc(-n3c4ccc5c6ccccc6n(-c6ccc7c(c6)-c6cccc8cccc-7c68)c5c4c4ccc5ccccc5c43)c2)cc1. The molecule has 1 aliphatic rings. The molecule has 52 heavy (non-hydrogen) atoms. The number of hydrogen-bond donors (Lipinski definition) is 0. The van der Waals surface area contributed by atoms with Crippen LogP contribution in [0.25, 0.3) is 110 Å². The summed E-state index contributed by atoms with van der Waals surface area (Å²) in [6.45, 7) is 0. The molecule has 0 bridgehead atoms. The van der Waals surface area contributed by atoms with Crippen LogP contribution in [0.4, 0.5) is 0 Å². The molecule has 0 N–H and O–H groups in total. The summed E-state index contributed by atoms with van der Waals surface area (Å²) >= 11 is 0. The van der Waals surface area contributed by atoms with E-state index in [0.29, 0.717) is 0 Å². The van der Waals surface area contributed by atoms with Crippen molar-refractivity contribution in [2.45, 2.75) is 0 Å². The maximum atomic E-state index is 2.52. The van der Waals surface area contributed by atoms with Gasteiger partial charge in [0, 0.05) is 38.3 Å². The molecule has 0 amide bonds. The monoisotopic (exact) mass is 658 g/mol. The summed E-state index contributed by atoms with van der Waals surface area (Å²) in [4.78, 5) is 0. The highest BCUT2D eigenvalue weighted by Gasteiger charge is 2.25. The molecule has 0 radical (unpaired) electrons. The Bertz CT molecular complexity index is 3280. The van der Waals surface area contributed by atoms with Gasteiger partial charge in [-0.05, 0) is 85.9 Å². The zero-order valence-corrected chi connectivity index (χ0v) is 28.2. The van der Waals surface area contributed by atoms with Crippen molar-refractivity contribution in [3.63, 3.8) is 0 Å². The maximum absolute atomic E-state index is 2.52. The van der Waals surface area contributed by atoms with Crippen LogP contribution in [0.1, 0.15) is 0 Å². The third-order valence-corrected chi connectivity index (χ3v) is 11.4. The lowest BCUT2D eigenvalue weighted by Gasteiger charge is -2.13. The standard InChI is InChI=1S/C50H30N2/c1-2-11-31(12-3-1)34-16-8-17-35(29-34)52-46-28-27-42-39-19-6-7-22-45(39)51(50(42)48(46)43-25-23-32-13-4-5-18-37(32)49(43)52)36-24-26-38-40-20-9-14-33-15-10-21-41(47(33)40)44(38)30-36/h1-30H. The van der Waals surface area contributed by atoms with E-state index < -0.39 is 0 Å². The fourth-order valence-corrected chi connectivity index (χ4v) is 9.23. The first kappa shape index (κ1) is 27.9. The summed E-state index contributed by atoms with van der Waals surface area (Å²) in [6, 6.07) is 67.2. The normalized spacial score (nSPS) is 12.2. The first-order valence-electron chi connectivity index (χ1n) is 18.0. The lowest BCUT2D eigenvalue weighted by molar-refractivity contribution is 1.18. The summed E-state index contributed by atoms with van der Waals surface area (Å²) in [5.41, 5.74) is 14.9. The van der Waals surface area contributed by atoms with Gasteiger partial charge in [0.05, 0.1) is 22.1 Å². The molecule has 0 unspecified atom stereocenters. The van der Waals surface area contributed by atoms with E-state index in [1.54, 1.807) is 0 Å². The Morgan fingerprint density at radius 1 is 0.288 bits per heavy atom. The zero-order chi connectivity index (χ0) is 33.9. The number of aromatic nitrogens is 2. The van der Waals surface area contributed by atoms with E-state index >= 15 is 0 Å². The number of nitrogens with zero attached hydrogens (tertiary/aromatic N) is 2. The summed E-state index contributed by atoms with van der Waals surface area (Å²) in [6.07, 6.45) is 0. The minimum atomic E-state index is 1.16. The quantitative estimate of drug-likeness (QED) is 0.179. The van der Waals surface area contributed by atoms with Crippen molar-refractivity contribution in [1.29, 1.82) is 0 Å². The summed E-state index contributed by atoms with van der Waals surface area (Å²) < 4.78 is 5.02. The van der Waals surface area contributed by atoms with Gasteiger partial charge in [0.2, 0.25) is 0 Å². The third kappa shape index (κ3) is 3.68. The molecular formula is C50H30N2. The number of benzene rings is 9. The van der Waals surface area contributed by atoms with Crippen molar-refractivity contribution < 1.29 is 0 Å². The van der Waals surface area contributed by atoms with Crippen LogP contribution in [0.2, 0.25) is 0 Å². The number of para-hydroxylation sites is 1. The van der Waals surface area contributed by atoms with Gasteiger partial charge < -0.3 is 9.13 Å². The Morgan fingerprint density at radius 2 is 0.962 bits per heavy atom. The number of hydrogen-bond acceptors (Lipinski definition) is 0. The number of rotatable bonds is 3. The van der Waals surface area contributed by atoms with Crippen molar-refractivity contribution >= 4 is 65.2 Å². The van der Waals surface area contributed by atoms with Gasteiger partial charge in [-0.2, -0.15) is 0 Å². The largest absolute Gasteiger partial charge is 0.309 e. The molecular weight excluding hydrogens is 629 g/mol. The van der Waals surface area contributed by atoms with Crippen LogP contribution in [-0.4, -0.2) is 9.13 Å². The molecule has 0 saturated heterocycles. The van der Waals surface area contributed by atoms with E-state index in [-0.39, 0.29) is 0 Å². The summed E-state index contributed by atoms with van der Waals surface area (Å²) in [5.74, 6) is 0. The average Bonchev–Trinajstić information content (AvgIpc) is 3.85. The lowest BCUT2D eigenvalue weighted by atomic mass is 10.0. The highest BCUT2D eigenvalue weighted by atomic mass is 15.0. The zero-order valence-electron chi connectivity index (χ0n) is 28.2. The second-order valence-corrected chi connectivity index (χ2v) is 14.1. The summed E-state index contributed by atoms with van der Waals surface area (Å²) in [5, 5.41) is 10.2. The molecule has 0 aliphatic heterocycles. The Labute approximate surface area is 300 Å². The smallest absolute Gasteiger partial charge is 0.0641 e. The predicted molar refractivity (Wildman–Crippen MR) is 220 cm³/mol. The fraction of sp³-hybridized carbons (Fsp3) is 0. The molecule has 9 aromatic carbocycles. The lowest BCUT2D eigenvalue weighted by Crippen LogP contribution is -1.96. The van der Waals surface area contributed by atoms with E-state index in [1.807, 2.05) is 0 Å². The molecule has 2 aromatic heterocycles. The Hall–Kier alpha value is -6.90. The molecule has 0 spiro atoms. The molecule has 2 nitrogen and oxygen atoms in total. The van der Waals surface area contributed by atoms with Crippen molar-refractivity contribution in [3.05, 3.63) is 182 Å². The van der Waals surface area contributed by atoms with E-state index in [4.69, 9.17) is 0 Å². The molecule has 11 aromatic rings. The molecule has 1 aliphatic carbocycles. The van der Waals surface area contributed by atoms with Crippen molar-refractivity contribution in [3.8, 4) is 44.8 Å². The fourth-order valence-electron chi connectivity index (χ4n) is 9.23. The number of fused-ring (bicyclic) bond motifs is 12. The first-order chi connectivity index (χ1) is 25.8. The Balaban J connectivity index is 1.22. The van der Waals surface area contributed by atoms with E-state index in [9.17, 15) is 0 Å². The van der Waals surface area contributed by atoms with Crippen molar-refractivity contribution in [2.24, 2.45) is 0 Å². The van der Waals surface area contributed by atoms with E-state index in [2.05, 4.69) is 191 Å². The van der Waals surface area contributed by atoms with Crippen LogP contribution in [0.15, 0.2) is 182 Å². The molecule has 12 rings (SSSR count). The van der Waals surface area contributed by atoms with Crippen molar-refractivity contribution in [2.75, 3.05) is 0 Å². The van der Waals surface area contributed by atoms with Gasteiger partial charge >= 0.3 is 0 Å². The van der Waals surface area contributed by atoms with Gasteiger partial charge in [-0.1, -0.05) is 146 Å². The summed E-state index contributed by atoms with van der Waals surface area (Å²) in [7, 11) is 0. The highest BCUT2D eigenvalue weighted by Crippen LogP contribution is 2.49. The Kier molecular flexibility index (Phi) is 5.53. The highest BCUT2D eigenvalue weighted by molar-refractivity contribution is 6.29. The molecule has 2 heterocycles. The molecule has 0 saturated carbocycles. The van der Waals surface area contributed by atoms with Gasteiger partial charge in [-0.25, -0.2) is 0 Å². The van der Waals surface area contributed by atoms with E-state index in [1.165, 1.54) is 104 Å². The minimum Gasteiger partial charge on any atom is -0.309 e. The molecule has 0 atom stereocenters. The topological polar surface area (TPSA) is 9.86 Å². The van der Waals surface area contributed by atoms with Crippen molar-refractivity contribution in [1.82, 2.24) is 9.13 Å². The van der Waals surface area contributed by atoms with Crippen LogP contribution in [0.3, 0.4) is 0 Å². The second kappa shape index (κ2) is 10.3. The minimum absolute atomic E-state index is 1.16. The van der Waals surface area contributed by atoms with Crippen LogP contribution >= 0.6 is 0 Å². The van der Waals surface area contributed by atoms with E-state index in [0.717, 1.165) is 5.69 Å². The van der Waals surface area contributed by atoms with Gasteiger partial charge in [0.1, 0.15) is 0 Å². The second-order valence-electron chi connectivity index (χ2n) is 14.1. The van der Waals surface area contributed by atoms with Gasteiger partial charge in [-0.3, -0.25) is 0 Å².